The summed E-state index contributed by atoms with van der Waals surface area (Å²) in [5.74, 6) is -0.510. The summed E-state index contributed by atoms with van der Waals surface area (Å²) in [6.07, 6.45) is 1.83. The smallest absolute Gasteiger partial charge is 0.251 e. The number of carbonyl (C=O) groups is 1. The molecule has 4 aromatic rings. The van der Waals surface area contributed by atoms with Gasteiger partial charge in [0.15, 0.2) is 11.6 Å². The Bertz CT molecular complexity index is 1220. The van der Waals surface area contributed by atoms with Crippen LogP contribution in [0.15, 0.2) is 79.0 Å². The molecule has 1 heterocycles. The molecular weight excluding hydrogens is 429 g/mol. The number of ether oxygens (including phenoxy) is 1. The molecule has 0 aliphatic rings. The van der Waals surface area contributed by atoms with E-state index in [2.05, 4.69) is 10.4 Å². The summed E-state index contributed by atoms with van der Waals surface area (Å²) in [7, 11) is 0. The van der Waals surface area contributed by atoms with Crippen molar-refractivity contribution in [2.24, 2.45) is 0 Å². The highest BCUT2D eigenvalue weighted by atomic mass is 35.5. The van der Waals surface area contributed by atoms with Crippen molar-refractivity contribution < 1.29 is 13.9 Å². The first-order chi connectivity index (χ1) is 15.5. The summed E-state index contributed by atoms with van der Waals surface area (Å²) in [6, 6.07) is 21.0. The normalized spacial score (nSPS) is 10.7. The summed E-state index contributed by atoms with van der Waals surface area (Å²) in [6.45, 7) is 2.40. The molecule has 0 aliphatic carbocycles. The Morgan fingerprint density at radius 1 is 1.09 bits per heavy atom. The standard InChI is InChI=1S/C25H21ClFN3O2/c1-2-32-23-13-10-18(14-22(23)27)24-19(16-30(29-24)21-6-4-3-5-7-21)15-28-25(31)17-8-11-20(26)12-9-17/h3-14,16H,2,15H2,1H3,(H,28,31). The predicted molar refractivity (Wildman–Crippen MR) is 123 cm³/mol. The van der Waals surface area contributed by atoms with Gasteiger partial charge in [-0.05, 0) is 61.5 Å². The molecule has 3 aromatic carbocycles. The van der Waals surface area contributed by atoms with Gasteiger partial charge >= 0.3 is 0 Å². The molecule has 5 nitrogen and oxygen atoms in total. The van der Waals surface area contributed by atoms with Crippen molar-refractivity contribution >= 4 is 17.5 Å². The zero-order chi connectivity index (χ0) is 22.5. The third-order valence-corrected chi connectivity index (χ3v) is 5.11. The van der Waals surface area contributed by atoms with Crippen molar-refractivity contribution in [2.45, 2.75) is 13.5 Å². The Morgan fingerprint density at radius 3 is 2.53 bits per heavy atom. The van der Waals surface area contributed by atoms with Gasteiger partial charge in [0, 0.05) is 34.5 Å². The number of carbonyl (C=O) groups excluding carboxylic acids is 1. The molecule has 162 valence electrons. The lowest BCUT2D eigenvalue weighted by Crippen LogP contribution is -2.22. The number of nitrogens with zero attached hydrogens (tertiary/aromatic N) is 2. The highest BCUT2D eigenvalue weighted by Gasteiger charge is 2.16. The Labute approximate surface area is 190 Å². The largest absolute Gasteiger partial charge is 0.491 e. The summed E-state index contributed by atoms with van der Waals surface area (Å²) >= 11 is 5.90. The maximum Gasteiger partial charge on any atom is 0.251 e. The average Bonchev–Trinajstić information content (AvgIpc) is 3.24. The van der Waals surface area contributed by atoms with E-state index in [9.17, 15) is 9.18 Å². The summed E-state index contributed by atoms with van der Waals surface area (Å²) in [5, 5.41) is 8.13. The van der Waals surface area contributed by atoms with Gasteiger partial charge in [0.2, 0.25) is 0 Å². The molecule has 1 aromatic heterocycles. The molecule has 4 rings (SSSR count). The number of hydrogen-bond donors (Lipinski definition) is 1. The van der Waals surface area contributed by atoms with E-state index in [1.165, 1.54) is 6.07 Å². The van der Waals surface area contributed by atoms with Gasteiger partial charge in [0.25, 0.3) is 5.91 Å². The van der Waals surface area contributed by atoms with Gasteiger partial charge < -0.3 is 10.1 Å². The summed E-state index contributed by atoms with van der Waals surface area (Å²) in [5.41, 5.74) is 3.28. The van der Waals surface area contributed by atoms with E-state index in [0.29, 0.717) is 28.5 Å². The van der Waals surface area contributed by atoms with E-state index >= 15 is 0 Å². The summed E-state index contributed by atoms with van der Waals surface area (Å²) in [4.78, 5) is 12.6. The van der Waals surface area contributed by atoms with Gasteiger partial charge in [0.1, 0.15) is 0 Å². The fourth-order valence-corrected chi connectivity index (χ4v) is 3.42. The maximum atomic E-state index is 14.5. The number of halogens is 2. The van der Waals surface area contributed by atoms with E-state index in [1.54, 1.807) is 48.0 Å². The van der Waals surface area contributed by atoms with Crippen LogP contribution in [0.2, 0.25) is 5.02 Å². The molecule has 0 radical (unpaired) electrons. The van der Waals surface area contributed by atoms with Gasteiger partial charge in [-0.15, -0.1) is 0 Å². The van der Waals surface area contributed by atoms with Crippen LogP contribution in [-0.4, -0.2) is 22.3 Å². The topological polar surface area (TPSA) is 56.1 Å². The van der Waals surface area contributed by atoms with Crippen LogP contribution >= 0.6 is 11.6 Å². The van der Waals surface area contributed by atoms with Crippen molar-refractivity contribution in [3.63, 3.8) is 0 Å². The molecule has 0 aliphatic heterocycles. The van der Waals surface area contributed by atoms with E-state index in [-0.39, 0.29) is 18.2 Å². The molecule has 0 unspecified atom stereocenters. The van der Waals surface area contributed by atoms with Gasteiger partial charge in [0.05, 0.1) is 18.0 Å². The average molecular weight is 450 g/mol. The Morgan fingerprint density at radius 2 is 1.84 bits per heavy atom. The van der Waals surface area contributed by atoms with Crippen LogP contribution in [0, 0.1) is 5.82 Å². The van der Waals surface area contributed by atoms with Crippen LogP contribution in [0.25, 0.3) is 16.9 Å². The van der Waals surface area contributed by atoms with Crippen molar-refractivity contribution in [1.29, 1.82) is 0 Å². The minimum Gasteiger partial charge on any atom is -0.491 e. The molecule has 32 heavy (non-hydrogen) atoms. The van der Waals surface area contributed by atoms with Crippen molar-refractivity contribution in [3.05, 3.63) is 101 Å². The van der Waals surface area contributed by atoms with Crippen LogP contribution < -0.4 is 10.1 Å². The van der Waals surface area contributed by atoms with Crippen LogP contribution in [-0.2, 0) is 6.54 Å². The molecule has 0 saturated carbocycles. The van der Waals surface area contributed by atoms with Crippen LogP contribution in [0.1, 0.15) is 22.8 Å². The minimum absolute atomic E-state index is 0.191. The minimum atomic E-state index is -0.463. The Hall–Kier alpha value is -3.64. The fourth-order valence-electron chi connectivity index (χ4n) is 3.29. The Kier molecular flexibility index (Phi) is 6.52. The number of amides is 1. The molecule has 1 amide bonds. The van der Waals surface area contributed by atoms with Gasteiger partial charge in [-0.2, -0.15) is 5.10 Å². The van der Waals surface area contributed by atoms with Gasteiger partial charge in [-0.25, -0.2) is 9.07 Å². The first kappa shape index (κ1) is 21.6. The van der Waals surface area contributed by atoms with E-state index in [0.717, 1.165) is 11.3 Å². The van der Waals surface area contributed by atoms with Crippen LogP contribution in [0.3, 0.4) is 0 Å². The monoisotopic (exact) mass is 449 g/mol. The molecule has 0 bridgehead atoms. The number of nitrogens with one attached hydrogen (secondary N) is 1. The molecule has 0 spiro atoms. The van der Waals surface area contributed by atoms with Gasteiger partial charge in [-0.3, -0.25) is 4.79 Å². The second-order valence-electron chi connectivity index (χ2n) is 7.05. The number of rotatable bonds is 7. The first-order valence-electron chi connectivity index (χ1n) is 10.2. The lowest BCUT2D eigenvalue weighted by atomic mass is 10.1. The molecule has 0 saturated heterocycles. The third kappa shape index (κ3) is 4.81. The van der Waals surface area contributed by atoms with Gasteiger partial charge in [-0.1, -0.05) is 29.8 Å². The van der Waals surface area contributed by atoms with Crippen molar-refractivity contribution in [1.82, 2.24) is 15.1 Å². The highest BCUT2D eigenvalue weighted by molar-refractivity contribution is 6.30. The summed E-state index contributed by atoms with van der Waals surface area (Å²) < 4.78 is 21.5. The van der Waals surface area contributed by atoms with Crippen LogP contribution in [0.5, 0.6) is 5.75 Å². The third-order valence-electron chi connectivity index (χ3n) is 4.86. The second kappa shape index (κ2) is 9.66. The fraction of sp³-hybridized carbons (Fsp3) is 0.120. The molecule has 0 atom stereocenters. The predicted octanol–water partition coefficient (Wildman–Crippen LogP) is 5.66. The quantitative estimate of drug-likeness (QED) is 0.396. The Balaban J connectivity index is 1.65. The molecule has 1 N–H and O–H groups in total. The molecule has 0 fully saturated rings. The van der Waals surface area contributed by atoms with Crippen LogP contribution in [0.4, 0.5) is 4.39 Å². The number of aromatic nitrogens is 2. The molecular formula is C25H21ClFN3O2. The zero-order valence-corrected chi connectivity index (χ0v) is 18.1. The molecule has 7 heteroatoms. The van der Waals surface area contributed by atoms with Crippen molar-refractivity contribution in [3.8, 4) is 22.7 Å². The number of para-hydroxylation sites is 1. The van der Waals surface area contributed by atoms with E-state index in [1.807, 2.05) is 36.5 Å². The number of hydrogen-bond acceptors (Lipinski definition) is 3. The van der Waals surface area contributed by atoms with E-state index in [4.69, 9.17) is 16.3 Å². The van der Waals surface area contributed by atoms with E-state index < -0.39 is 5.82 Å². The lowest BCUT2D eigenvalue weighted by Gasteiger charge is -2.08. The SMILES string of the molecule is CCOc1ccc(-c2nn(-c3ccccc3)cc2CNC(=O)c2ccc(Cl)cc2)cc1F. The highest BCUT2D eigenvalue weighted by Crippen LogP contribution is 2.28. The van der Waals surface area contributed by atoms with Crippen molar-refractivity contribution in [2.75, 3.05) is 6.61 Å². The lowest BCUT2D eigenvalue weighted by molar-refractivity contribution is 0.0951. The first-order valence-corrected chi connectivity index (χ1v) is 10.5. The zero-order valence-electron chi connectivity index (χ0n) is 17.4. The second-order valence-corrected chi connectivity index (χ2v) is 7.49. The maximum absolute atomic E-state index is 14.5. The number of benzene rings is 3.